The third-order valence-electron chi connectivity index (χ3n) is 2.47. The predicted molar refractivity (Wildman–Crippen MR) is 64.6 cm³/mol. The van der Waals surface area contributed by atoms with E-state index in [1.54, 1.807) is 12.1 Å². The minimum atomic E-state index is -0.980. The minimum Gasteiger partial charge on any atom is -0.493 e. The van der Waals surface area contributed by atoms with Crippen LogP contribution in [0.5, 0.6) is 11.5 Å². The van der Waals surface area contributed by atoms with E-state index in [1.807, 2.05) is 0 Å². The molecule has 2 rings (SSSR count). The van der Waals surface area contributed by atoms with Crippen LogP contribution in [0.4, 0.5) is 4.79 Å². The number of rotatable bonds is 3. The van der Waals surface area contributed by atoms with Gasteiger partial charge in [-0.25, -0.2) is 4.79 Å². The molecule has 18 heavy (non-hydrogen) atoms. The number of carbonyl (C=O) groups excluding carboxylic acids is 2. The molecule has 0 spiro atoms. The van der Waals surface area contributed by atoms with Crippen LogP contribution in [-0.2, 0) is 9.53 Å². The zero-order chi connectivity index (χ0) is 13.3. The quantitative estimate of drug-likeness (QED) is 0.920. The fraction of sp³-hybridized carbons (Fsp3) is 0.273. The van der Waals surface area contributed by atoms with Crippen LogP contribution in [0.2, 0.25) is 0 Å². The molecule has 1 aliphatic rings. The average Bonchev–Trinajstić information content (AvgIpc) is 2.68. The lowest BCUT2D eigenvalue weighted by molar-refractivity contribution is -0.123. The number of ether oxygens (including phenoxy) is 3. The van der Waals surface area contributed by atoms with Crippen LogP contribution in [0.15, 0.2) is 16.6 Å². The molecule has 0 saturated carbocycles. The van der Waals surface area contributed by atoms with Crippen molar-refractivity contribution in [2.45, 2.75) is 6.10 Å². The van der Waals surface area contributed by atoms with E-state index in [9.17, 15) is 9.59 Å². The number of halogens is 1. The number of cyclic esters (lactones) is 1. The number of benzene rings is 1. The van der Waals surface area contributed by atoms with Gasteiger partial charge in [0.1, 0.15) is 0 Å². The van der Waals surface area contributed by atoms with Crippen molar-refractivity contribution >= 4 is 27.9 Å². The van der Waals surface area contributed by atoms with Gasteiger partial charge in [-0.15, -0.1) is 0 Å². The number of nitrogens with one attached hydrogen (secondary N) is 1. The predicted octanol–water partition coefficient (Wildman–Crippen LogP) is 1.77. The molecule has 1 fully saturated rings. The SMILES string of the molecule is COc1cc(Br)c(C2OC(=O)NC2=O)cc1OC. The zero-order valence-corrected chi connectivity index (χ0v) is 11.2. The topological polar surface area (TPSA) is 73.9 Å². The van der Waals surface area contributed by atoms with Gasteiger partial charge in [0, 0.05) is 10.0 Å². The molecule has 1 saturated heterocycles. The Balaban J connectivity index is 2.45. The Morgan fingerprint density at radius 3 is 2.33 bits per heavy atom. The van der Waals surface area contributed by atoms with Crippen LogP contribution < -0.4 is 14.8 Å². The number of hydrogen-bond donors (Lipinski definition) is 1. The van der Waals surface area contributed by atoms with Crippen LogP contribution in [0.1, 0.15) is 11.7 Å². The molecule has 6 nitrogen and oxygen atoms in total. The maximum Gasteiger partial charge on any atom is 0.415 e. The number of carbonyl (C=O) groups is 2. The third-order valence-corrected chi connectivity index (χ3v) is 3.16. The van der Waals surface area contributed by atoms with Gasteiger partial charge in [0.15, 0.2) is 11.5 Å². The summed E-state index contributed by atoms with van der Waals surface area (Å²) in [5.74, 6) is 0.456. The van der Waals surface area contributed by atoms with E-state index in [0.29, 0.717) is 21.5 Å². The lowest BCUT2D eigenvalue weighted by atomic mass is 10.1. The lowest BCUT2D eigenvalue weighted by Gasteiger charge is -2.13. The van der Waals surface area contributed by atoms with E-state index in [2.05, 4.69) is 21.2 Å². The van der Waals surface area contributed by atoms with Crippen molar-refractivity contribution in [1.29, 1.82) is 0 Å². The Morgan fingerprint density at radius 2 is 1.83 bits per heavy atom. The normalized spacial score (nSPS) is 18.3. The highest BCUT2D eigenvalue weighted by molar-refractivity contribution is 9.10. The molecule has 1 unspecified atom stereocenters. The molecule has 1 heterocycles. The molecule has 0 aliphatic carbocycles. The summed E-state index contributed by atoms with van der Waals surface area (Å²) in [4.78, 5) is 22.5. The molecule has 1 aromatic carbocycles. The van der Waals surface area contributed by atoms with E-state index < -0.39 is 18.1 Å². The highest BCUT2D eigenvalue weighted by Crippen LogP contribution is 2.38. The average molecular weight is 316 g/mol. The van der Waals surface area contributed by atoms with Crippen molar-refractivity contribution in [3.63, 3.8) is 0 Å². The highest BCUT2D eigenvalue weighted by atomic mass is 79.9. The summed E-state index contributed by atoms with van der Waals surface area (Å²) in [5, 5.41) is 2.07. The first-order valence-corrected chi connectivity index (χ1v) is 5.79. The van der Waals surface area contributed by atoms with E-state index in [1.165, 1.54) is 14.2 Å². The molecular weight excluding hydrogens is 306 g/mol. The van der Waals surface area contributed by atoms with E-state index in [-0.39, 0.29) is 0 Å². The fourth-order valence-corrected chi connectivity index (χ4v) is 2.16. The van der Waals surface area contributed by atoms with Crippen molar-refractivity contribution in [3.05, 3.63) is 22.2 Å². The molecule has 0 bridgehead atoms. The van der Waals surface area contributed by atoms with Gasteiger partial charge in [0.25, 0.3) is 5.91 Å². The Hall–Kier alpha value is -1.76. The van der Waals surface area contributed by atoms with Crippen molar-refractivity contribution in [1.82, 2.24) is 5.32 Å². The summed E-state index contributed by atoms with van der Waals surface area (Å²) >= 11 is 3.30. The van der Waals surface area contributed by atoms with Gasteiger partial charge in [-0.05, 0) is 12.1 Å². The van der Waals surface area contributed by atoms with Crippen molar-refractivity contribution in [2.24, 2.45) is 0 Å². The molecule has 1 aromatic rings. The van der Waals surface area contributed by atoms with E-state index in [4.69, 9.17) is 14.2 Å². The Bertz CT molecular complexity index is 516. The maximum absolute atomic E-state index is 11.5. The summed E-state index contributed by atoms with van der Waals surface area (Å²) in [5.41, 5.74) is 0.496. The van der Waals surface area contributed by atoms with Gasteiger partial charge in [0.05, 0.1) is 14.2 Å². The van der Waals surface area contributed by atoms with Gasteiger partial charge < -0.3 is 14.2 Å². The largest absolute Gasteiger partial charge is 0.493 e. The maximum atomic E-state index is 11.5. The Labute approximate surface area is 111 Å². The Morgan fingerprint density at radius 1 is 1.22 bits per heavy atom. The van der Waals surface area contributed by atoms with Crippen molar-refractivity contribution < 1.29 is 23.8 Å². The summed E-state index contributed by atoms with van der Waals surface area (Å²) < 4.78 is 15.7. The van der Waals surface area contributed by atoms with Crippen molar-refractivity contribution in [2.75, 3.05) is 14.2 Å². The Kier molecular flexibility index (Phi) is 3.42. The molecule has 7 heteroatoms. The zero-order valence-electron chi connectivity index (χ0n) is 9.65. The molecular formula is C11H10BrNO5. The summed E-state index contributed by atoms with van der Waals surface area (Å²) in [6, 6.07) is 3.24. The number of imide groups is 1. The van der Waals surface area contributed by atoms with Gasteiger partial charge in [-0.3, -0.25) is 10.1 Å². The standard InChI is InChI=1S/C11H10BrNO5/c1-16-7-3-5(6(12)4-8(7)17-2)9-10(14)13-11(15)18-9/h3-4,9H,1-2H3,(H,13,14,15). The highest BCUT2D eigenvalue weighted by Gasteiger charge is 2.35. The first-order chi connectivity index (χ1) is 8.56. The smallest absolute Gasteiger partial charge is 0.415 e. The van der Waals surface area contributed by atoms with E-state index >= 15 is 0 Å². The monoisotopic (exact) mass is 315 g/mol. The second kappa shape index (κ2) is 4.85. The summed E-state index contributed by atoms with van der Waals surface area (Å²) in [6.07, 6.45) is -1.74. The second-order valence-corrected chi connectivity index (χ2v) is 4.36. The first-order valence-electron chi connectivity index (χ1n) is 4.99. The molecule has 1 aliphatic heterocycles. The first kappa shape index (κ1) is 12.7. The number of methoxy groups -OCH3 is 2. The molecule has 0 radical (unpaired) electrons. The number of alkyl carbamates (subject to hydrolysis) is 1. The molecule has 0 aromatic heterocycles. The number of hydrogen-bond acceptors (Lipinski definition) is 5. The third kappa shape index (κ3) is 2.13. The van der Waals surface area contributed by atoms with Gasteiger partial charge >= 0.3 is 6.09 Å². The number of amides is 2. The molecule has 2 amide bonds. The fourth-order valence-electron chi connectivity index (χ4n) is 1.63. The molecule has 1 N–H and O–H groups in total. The van der Waals surface area contributed by atoms with E-state index in [0.717, 1.165) is 0 Å². The van der Waals surface area contributed by atoms with Crippen molar-refractivity contribution in [3.8, 4) is 11.5 Å². The second-order valence-electron chi connectivity index (χ2n) is 3.50. The van der Waals surface area contributed by atoms with Gasteiger partial charge in [-0.1, -0.05) is 15.9 Å². The van der Waals surface area contributed by atoms with Crippen LogP contribution in [0.25, 0.3) is 0 Å². The lowest BCUT2D eigenvalue weighted by Crippen LogP contribution is -2.20. The van der Waals surface area contributed by atoms with Gasteiger partial charge in [0.2, 0.25) is 6.10 Å². The summed E-state index contributed by atoms with van der Waals surface area (Å²) in [7, 11) is 2.99. The summed E-state index contributed by atoms with van der Waals surface area (Å²) in [6.45, 7) is 0. The van der Waals surface area contributed by atoms with Crippen LogP contribution >= 0.6 is 15.9 Å². The van der Waals surface area contributed by atoms with Gasteiger partial charge in [-0.2, -0.15) is 0 Å². The van der Waals surface area contributed by atoms with Crippen LogP contribution in [0.3, 0.4) is 0 Å². The molecule has 1 atom stereocenters. The minimum absolute atomic E-state index is 0.450. The van der Waals surface area contributed by atoms with Crippen LogP contribution in [-0.4, -0.2) is 26.2 Å². The van der Waals surface area contributed by atoms with Crippen LogP contribution in [0, 0.1) is 0 Å². The molecule has 96 valence electrons.